The van der Waals surface area contributed by atoms with E-state index in [4.69, 9.17) is 0 Å². The van der Waals surface area contributed by atoms with E-state index < -0.39 is 0 Å². The zero-order valence-corrected chi connectivity index (χ0v) is 16.5. The lowest BCUT2D eigenvalue weighted by atomic mass is 10.1. The number of halogens is 1. The summed E-state index contributed by atoms with van der Waals surface area (Å²) in [5.41, 5.74) is 4.82. The number of hydrogen-bond donors (Lipinski definition) is 1. The van der Waals surface area contributed by atoms with Gasteiger partial charge in [0.05, 0.1) is 0 Å². The van der Waals surface area contributed by atoms with Gasteiger partial charge in [-0.15, -0.1) is 0 Å². The number of anilines is 1. The molecule has 3 nitrogen and oxygen atoms in total. The van der Waals surface area contributed by atoms with Crippen molar-refractivity contribution in [3.05, 3.63) is 63.8 Å². The molecule has 1 heterocycles. The molecule has 3 aromatic rings. The third kappa shape index (κ3) is 3.49. The lowest BCUT2D eigenvalue weighted by Gasteiger charge is -2.13. The highest BCUT2D eigenvalue weighted by Gasteiger charge is 2.20. The monoisotopic (exact) mass is 398 g/mol. The van der Waals surface area contributed by atoms with Crippen molar-refractivity contribution in [2.45, 2.75) is 40.2 Å². The summed E-state index contributed by atoms with van der Waals surface area (Å²) in [6.45, 7) is 7.06. The van der Waals surface area contributed by atoms with E-state index in [-0.39, 0.29) is 5.91 Å². The summed E-state index contributed by atoms with van der Waals surface area (Å²) in [6.07, 6.45) is 2.15. The maximum Gasteiger partial charge on any atom is 0.272 e. The number of carbonyl (C=O) groups excluding carboxylic acids is 1. The molecule has 25 heavy (non-hydrogen) atoms. The molecule has 0 atom stereocenters. The number of hydrogen-bond acceptors (Lipinski definition) is 1. The first-order chi connectivity index (χ1) is 12.0. The fourth-order valence-electron chi connectivity index (χ4n) is 3.27. The van der Waals surface area contributed by atoms with E-state index in [1.54, 1.807) is 0 Å². The van der Waals surface area contributed by atoms with Crippen LogP contribution in [-0.2, 0) is 6.54 Å². The Balaban J connectivity index is 2.04. The second-order valence-electron chi connectivity index (χ2n) is 6.41. The standard InChI is InChI=1S/C21H23BrN2O/c1-4-5-12-24-19-9-7-6-8-17(19)15(3)20(24)21(25)23-18-11-10-16(22)13-14(18)2/h6-11,13H,4-5,12H2,1-3H3,(H,23,25). The molecule has 0 spiro atoms. The van der Waals surface area contributed by atoms with Gasteiger partial charge in [0.2, 0.25) is 0 Å². The maximum atomic E-state index is 13.1. The summed E-state index contributed by atoms with van der Waals surface area (Å²) in [5, 5.41) is 4.24. The van der Waals surface area contributed by atoms with Gasteiger partial charge in [-0.2, -0.15) is 0 Å². The first kappa shape index (κ1) is 17.7. The average molecular weight is 399 g/mol. The number of benzene rings is 2. The molecular formula is C21H23BrN2O. The number of nitrogens with one attached hydrogen (secondary N) is 1. The number of unbranched alkanes of at least 4 members (excludes halogenated alkanes) is 1. The molecule has 0 aliphatic carbocycles. The fraction of sp³-hybridized carbons (Fsp3) is 0.286. The predicted octanol–water partition coefficient (Wildman–Crippen LogP) is 6.07. The molecule has 1 aromatic heterocycles. The van der Waals surface area contributed by atoms with Crippen LogP contribution in [-0.4, -0.2) is 10.5 Å². The van der Waals surface area contributed by atoms with Crippen LogP contribution in [0.1, 0.15) is 41.4 Å². The molecule has 0 aliphatic heterocycles. The van der Waals surface area contributed by atoms with Gasteiger partial charge in [-0.1, -0.05) is 47.5 Å². The number of carbonyl (C=O) groups is 1. The molecule has 130 valence electrons. The van der Waals surface area contributed by atoms with Gasteiger partial charge in [0.25, 0.3) is 5.91 Å². The molecule has 0 unspecified atom stereocenters. The lowest BCUT2D eigenvalue weighted by Crippen LogP contribution is -2.19. The lowest BCUT2D eigenvalue weighted by molar-refractivity contribution is 0.101. The van der Waals surface area contributed by atoms with Gasteiger partial charge in [-0.05, 0) is 55.7 Å². The highest BCUT2D eigenvalue weighted by molar-refractivity contribution is 9.10. The first-order valence-electron chi connectivity index (χ1n) is 8.68. The van der Waals surface area contributed by atoms with Crippen LogP contribution in [0, 0.1) is 13.8 Å². The van der Waals surface area contributed by atoms with Crippen molar-refractivity contribution in [2.24, 2.45) is 0 Å². The third-order valence-electron chi connectivity index (χ3n) is 4.61. The van der Waals surface area contributed by atoms with Crippen LogP contribution in [0.4, 0.5) is 5.69 Å². The van der Waals surface area contributed by atoms with Crippen molar-refractivity contribution in [1.29, 1.82) is 0 Å². The van der Waals surface area contributed by atoms with Crippen LogP contribution >= 0.6 is 15.9 Å². The largest absolute Gasteiger partial charge is 0.336 e. The van der Waals surface area contributed by atoms with Crippen molar-refractivity contribution in [3.8, 4) is 0 Å². The van der Waals surface area contributed by atoms with E-state index in [0.717, 1.165) is 57.3 Å². The molecule has 0 saturated heterocycles. The number of nitrogens with zero attached hydrogens (tertiary/aromatic N) is 1. The van der Waals surface area contributed by atoms with Crippen molar-refractivity contribution in [3.63, 3.8) is 0 Å². The van der Waals surface area contributed by atoms with Crippen molar-refractivity contribution < 1.29 is 4.79 Å². The molecule has 2 aromatic carbocycles. The summed E-state index contributed by atoms with van der Waals surface area (Å²) in [5.74, 6) is -0.0461. The Hall–Kier alpha value is -2.07. The Bertz CT molecular complexity index is 927. The molecule has 0 bridgehead atoms. The highest BCUT2D eigenvalue weighted by atomic mass is 79.9. The first-order valence-corrected chi connectivity index (χ1v) is 9.47. The van der Waals surface area contributed by atoms with Gasteiger partial charge >= 0.3 is 0 Å². The fourth-order valence-corrected chi connectivity index (χ4v) is 3.74. The number of para-hydroxylation sites is 1. The van der Waals surface area contributed by atoms with Gasteiger partial charge in [0, 0.05) is 27.6 Å². The number of rotatable bonds is 5. The van der Waals surface area contributed by atoms with Crippen LogP contribution < -0.4 is 5.32 Å². The van der Waals surface area contributed by atoms with E-state index in [2.05, 4.69) is 44.9 Å². The number of fused-ring (bicyclic) bond motifs is 1. The van der Waals surface area contributed by atoms with E-state index in [9.17, 15) is 4.79 Å². The molecule has 1 amide bonds. The quantitative estimate of drug-likeness (QED) is 0.555. The zero-order chi connectivity index (χ0) is 18.0. The molecule has 0 aliphatic rings. The molecule has 4 heteroatoms. The molecule has 0 fully saturated rings. The summed E-state index contributed by atoms with van der Waals surface area (Å²) >= 11 is 3.47. The minimum atomic E-state index is -0.0461. The van der Waals surface area contributed by atoms with E-state index >= 15 is 0 Å². The normalized spacial score (nSPS) is 11.0. The van der Waals surface area contributed by atoms with Gasteiger partial charge < -0.3 is 9.88 Å². The molecule has 0 saturated carbocycles. The SMILES string of the molecule is CCCCn1c(C(=O)Nc2ccc(Br)cc2C)c(C)c2ccccc21. The van der Waals surface area contributed by atoms with Crippen LogP contribution in [0.25, 0.3) is 10.9 Å². The minimum absolute atomic E-state index is 0.0461. The minimum Gasteiger partial charge on any atom is -0.336 e. The van der Waals surface area contributed by atoms with E-state index in [1.807, 2.05) is 44.2 Å². The number of amides is 1. The topological polar surface area (TPSA) is 34.0 Å². The van der Waals surface area contributed by atoms with Gasteiger partial charge in [0.1, 0.15) is 5.69 Å². The third-order valence-corrected chi connectivity index (χ3v) is 5.10. The second kappa shape index (κ2) is 7.44. The van der Waals surface area contributed by atoms with Crippen LogP contribution in [0.5, 0.6) is 0 Å². The summed E-state index contributed by atoms with van der Waals surface area (Å²) < 4.78 is 3.17. The molecule has 3 rings (SSSR count). The highest BCUT2D eigenvalue weighted by Crippen LogP contribution is 2.28. The van der Waals surface area contributed by atoms with E-state index in [1.165, 1.54) is 0 Å². The summed E-state index contributed by atoms with van der Waals surface area (Å²) in [6, 6.07) is 14.1. The van der Waals surface area contributed by atoms with Crippen molar-refractivity contribution >= 4 is 38.4 Å². The number of aromatic nitrogens is 1. The van der Waals surface area contributed by atoms with Gasteiger partial charge in [-0.25, -0.2) is 0 Å². The average Bonchev–Trinajstić information content (AvgIpc) is 2.88. The van der Waals surface area contributed by atoms with Crippen LogP contribution in [0.2, 0.25) is 0 Å². The smallest absolute Gasteiger partial charge is 0.272 e. The summed E-state index contributed by atoms with van der Waals surface area (Å²) in [7, 11) is 0. The van der Waals surface area contributed by atoms with E-state index in [0.29, 0.717) is 0 Å². The van der Waals surface area contributed by atoms with Crippen LogP contribution in [0.3, 0.4) is 0 Å². The van der Waals surface area contributed by atoms with Gasteiger partial charge in [0.15, 0.2) is 0 Å². The Labute approximate surface area is 157 Å². The Morgan fingerprint density at radius 2 is 1.92 bits per heavy atom. The van der Waals surface area contributed by atoms with Crippen molar-refractivity contribution in [1.82, 2.24) is 4.57 Å². The Kier molecular flexibility index (Phi) is 5.28. The van der Waals surface area contributed by atoms with Crippen LogP contribution in [0.15, 0.2) is 46.9 Å². The maximum absolute atomic E-state index is 13.1. The Morgan fingerprint density at radius 1 is 1.16 bits per heavy atom. The molecule has 1 N–H and O–H groups in total. The molecular weight excluding hydrogens is 376 g/mol. The summed E-state index contributed by atoms with van der Waals surface area (Å²) in [4.78, 5) is 13.1. The number of aryl methyl sites for hydroxylation is 3. The molecule has 0 radical (unpaired) electrons. The predicted molar refractivity (Wildman–Crippen MR) is 108 cm³/mol. The second-order valence-corrected chi connectivity index (χ2v) is 7.32. The zero-order valence-electron chi connectivity index (χ0n) is 14.9. The Morgan fingerprint density at radius 3 is 2.64 bits per heavy atom. The van der Waals surface area contributed by atoms with Crippen molar-refractivity contribution in [2.75, 3.05) is 5.32 Å². The van der Waals surface area contributed by atoms with Gasteiger partial charge in [-0.3, -0.25) is 4.79 Å².